The summed E-state index contributed by atoms with van der Waals surface area (Å²) in [5, 5.41) is 0. The topological polar surface area (TPSA) is 21.8 Å². The van der Waals surface area contributed by atoms with E-state index in [0.29, 0.717) is 12.7 Å². The molecule has 1 aliphatic rings. The summed E-state index contributed by atoms with van der Waals surface area (Å²) in [7, 11) is 0. The highest BCUT2D eigenvalue weighted by atomic mass is 79.9. The van der Waals surface area contributed by atoms with Gasteiger partial charge >= 0.3 is 0 Å². The summed E-state index contributed by atoms with van der Waals surface area (Å²) in [6.07, 6.45) is 1.30. The lowest BCUT2D eigenvalue weighted by atomic mass is 10.1. The highest BCUT2D eigenvalue weighted by molar-refractivity contribution is 9.11. The Kier molecular flexibility index (Phi) is 3.69. The second kappa shape index (κ2) is 4.85. The van der Waals surface area contributed by atoms with Gasteiger partial charge in [-0.05, 0) is 40.5 Å². The van der Waals surface area contributed by atoms with E-state index in [2.05, 4.69) is 37.9 Å². The molecule has 1 heterocycles. The summed E-state index contributed by atoms with van der Waals surface area (Å²) in [6, 6.07) is 4.10. The van der Waals surface area contributed by atoms with Gasteiger partial charge in [0.15, 0.2) is 0 Å². The molecule has 0 bridgehead atoms. The number of rotatable bonds is 4. The normalized spacial score (nSPS) is 19.0. The Bertz CT molecular complexity index is 362. The smallest absolute Gasteiger partial charge is 0.136 e. The SMILES string of the molecule is CCOc1c(Br)cc(Br)cc1CC1CO1. The first-order valence-corrected chi connectivity index (χ1v) is 6.51. The van der Waals surface area contributed by atoms with Crippen LogP contribution in [0.3, 0.4) is 0 Å². The summed E-state index contributed by atoms with van der Waals surface area (Å²) < 4.78 is 12.9. The molecule has 82 valence electrons. The van der Waals surface area contributed by atoms with E-state index in [-0.39, 0.29) is 0 Å². The third-order valence-electron chi connectivity index (χ3n) is 2.22. The maximum atomic E-state index is 5.63. The van der Waals surface area contributed by atoms with Crippen molar-refractivity contribution in [1.29, 1.82) is 0 Å². The average molecular weight is 336 g/mol. The molecule has 2 nitrogen and oxygen atoms in total. The fourth-order valence-electron chi connectivity index (χ4n) is 1.50. The van der Waals surface area contributed by atoms with Gasteiger partial charge in [-0.1, -0.05) is 15.9 Å². The van der Waals surface area contributed by atoms with Crippen LogP contribution >= 0.6 is 31.9 Å². The molecule has 1 aliphatic heterocycles. The van der Waals surface area contributed by atoms with Crippen LogP contribution in [0.2, 0.25) is 0 Å². The van der Waals surface area contributed by atoms with Crippen molar-refractivity contribution < 1.29 is 9.47 Å². The molecule has 0 amide bonds. The summed E-state index contributed by atoms with van der Waals surface area (Å²) in [6.45, 7) is 3.54. The van der Waals surface area contributed by atoms with Crippen LogP contribution in [-0.2, 0) is 11.2 Å². The second-order valence-electron chi connectivity index (χ2n) is 3.47. The zero-order valence-electron chi connectivity index (χ0n) is 8.43. The Morgan fingerprint density at radius 1 is 1.47 bits per heavy atom. The fourth-order valence-corrected chi connectivity index (χ4v) is 2.93. The highest BCUT2D eigenvalue weighted by Crippen LogP contribution is 2.35. The van der Waals surface area contributed by atoms with Crippen LogP contribution in [0.1, 0.15) is 12.5 Å². The lowest BCUT2D eigenvalue weighted by molar-refractivity contribution is 0.331. The second-order valence-corrected chi connectivity index (χ2v) is 5.24. The first-order valence-electron chi connectivity index (χ1n) is 4.93. The van der Waals surface area contributed by atoms with Gasteiger partial charge < -0.3 is 9.47 Å². The molecule has 1 aromatic rings. The molecule has 0 saturated carbocycles. The standard InChI is InChI=1S/C11H12Br2O2/c1-2-14-11-7(4-9-6-15-9)3-8(12)5-10(11)13/h3,5,9H,2,4,6H2,1H3. The van der Waals surface area contributed by atoms with Gasteiger partial charge in [-0.15, -0.1) is 0 Å². The highest BCUT2D eigenvalue weighted by Gasteiger charge is 2.25. The summed E-state index contributed by atoms with van der Waals surface area (Å²) >= 11 is 7.00. The van der Waals surface area contributed by atoms with Crippen molar-refractivity contribution in [2.24, 2.45) is 0 Å². The van der Waals surface area contributed by atoms with Crippen LogP contribution in [0.5, 0.6) is 5.75 Å². The van der Waals surface area contributed by atoms with Crippen LogP contribution in [0.4, 0.5) is 0 Å². The average Bonchev–Trinajstić information content (AvgIpc) is 2.95. The third-order valence-corrected chi connectivity index (χ3v) is 3.27. The van der Waals surface area contributed by atoms with Crippen LogP contribution in [0, 0.1) is 0 Å². The molecule has 1 atom stereocenters. The maximum absolute atomic E-state index is 5.63. The number of hydrogen-bond donors (Lipinski definition) is 0. The van der Waals surface area contributed by atoms with Crippen LogP contribution in [0.25, 0.3) is 0 Å². The first kappa shape index (κ1) is 11.4. The van der Waals surface area contributed by atoms with Crippen molar-refractivity contribution in [2.45, 2.75) is 19.4 Å². The predicted molar refractivity (Wildman–Crippen MR) is 66.5 cm³/mol. The zero-order chi connectivity index (χ0) is 10.8. The Morgan fingerprint density at radius 3 is 2.80 bits per heavy atom. The molecule has 1 saturated heterocycles. The van der Waals surface area contributed by atoms with E-state index in [1.807, 2.05) is 13.0 Å². The van der Waals surface area contributed by atoms with Crippen molar-refractivity contribution >= 4 is 31.9 Å². The number of benzene rings is 1. The predicted octanol–water partition coefficient (Wildman–Crippen LogP) is 3.55. The largest absolute Gasteiger partial charge is 0.492 e. The lowest BCUT2D eigenvalue weighted by Gasteiger charge is -2.12. The molecule has 2 rings (SSSR count). The van der Waals surface area contributed by atoms with E-state index in [1.165, 1.54) is 5.56 Å². The monoisotopic (exact) mass is 334 g/mol. The van der Waals surface area contributed by atoms with Crippen molar-refractivity contribution in [3.8, 4) is 5.75 Å². The van der Waals surface area contributed by atoms with Crippen molar-refractivity contribution in [2.75, 3.05) is 13.2 Å². The molecule has 0 spiro atoms. The molecule has 0 N–H and O–H groups in total. The Morgan fingerprint density at radius 2 is 2.20 bits per heavy atom. The first-order chi connectivity index (χ1) is 7.20. The van der Waals surface area contributed by atoms with Crippen molar-refractivity contribution in [1.82, 2.24) is 0 Å². The van der Waals surface area contributed by atoms with E-state index in [9.17, 15) is 0 Å². The molecular formula is C11H12Br2O2. The van der Waals surface area contributed by atoms with Crippen molar-refractivity contribution in [3.63, 3.8) is 0 Å². The minimum atomic E-state index is 0.380. The molecule has 1 unspecified atom stereocenters. The fraction of sp³-hybridized carbons (Fsp3) is 0.455. The van der Waals surface area contributed by atoms with Gasteiger partial charge in [0.25, 0.3) is 0 Å². The minimum Gasteiger partial charge on any atom is -0.492 e. The Labute approximate surface area is 106 Å². The molecule has 1 aromatic carbocycles. The van der Waals surface area contributed by atoms with E-state index < -0.39 is 0 Å². The van der Waals surface area contributed by atoms with E-state index in [1.54, 1.807) is 0 Å². The number of halogens is 2. The van der Waals surface area contributed by atoms with Crippen molar-refractivity contribution in [3.05, 3.63) is 26.6 Å². The molecule has 1 fully saturated rings. The molecule has 0 radical (unpaired) electrons. The number of epoxide rings is 1. The minimum absolute atomic E-state index is 0.380. The quantitative estimate of drug-likeness (QED) is 0.785. The van der Waals surface area contributed by atoms with E-state index in [4.69, 9.17) is 9.47 Å². The summed E-state index contributed by atoms with van der Waals surface area (Å²) in [5.41, 5.74) is 1.20. The van der Waals surface area contributed by atoms with Gasteiger partial charge in [-0.2, -0.15) is 0 Å². The van der Waals surface area contributed by atoms with E-state index in [0.717, 1.165) is 27.7 Å². The van der Waals surface area contributed by atoms with Gasteiger partial charge in [0.2, 0.25) is 0 Å². The van der Waals surface area contributed by atoms with Crippen LogP contribution in [-0.4, -0.2) is 19.3 Å². The van der Waals surface area contributed by atoms with Gasteiger partial charge in [-0.25, -0.2) is 0 Å². The molecule has 15 heavy (non-hydrogen) atoms. The molecule has 4 heteroatoms. The van der Waals surface area contributed by atoms with Gasteiger partial charge in [0, 0.05) is 10.9 Å². The van der Waals surface area contributed by atoms with Crippen LogP contribution in [0.15, 0.2) is 21.1 Å². The van der Waals surface area contributed by atoms with Crippen LogP contribution < -0.4 is 4.74 Å². The number of hydrogen-bond acceptors (Lipinski definition) is 2. The summed E-state index contributed by atoms with van der Waals surface area (Å²) in [5.74, 6) is 0.941. The lowest BCUT2D eigenvalue weighted by Crippen LogP contribution is -2.01. The molecular weight excluding hydrogens is 324 g/mol. The molecule has 0 aromatic heterocycles. The maximum Gasteiger partial charge on any atom is 0.136 e. The number of ether oxygens (including phenoxy) is 2. The van der Waals surface area contributed by atoms with Gasteiger partial charge in [0.05, 0.1) is 23.8 Å². The van der Waals surface area contributed by atoms with Gasteiger partial charge in [0.1, 0.15) is 5.75 Å². The Hall–Kier alpha value is -0.0600. The third kappa shape index (κ3) is 2.95. The zero-order valence-corrected chi connectivity index (χ0v) is 11.6. The summed E-state index contributed by atoms with van der Waals surface area (Å²) in [4.78, 5) is 0. The Balaban J connectivity index is 2.29. The van der Waals surface area contributed by atoms with Gasteiger partial charge in [-0.3, -0.25) is 0 Å². The van der Waals surface area contributed by atoms with E-state index >= 15 is 0 Å². The molecule has 0 aliphatic carbocycles.